The van der Waals surface area contributed by atoms with Crippen molar-refractivity contribution in [2.45, 2.75) is 104 Å². The third-order valence-electron chi connectivity index (χ3n) is 11.0. The number of carbonyl (C=O) groups excluding carboxylic acids is 2. The first kappa shape index (κ1) is 22.7. The van der Waals surface area contributed by atoms with E-state index in [2.05, 4.69) is 20.8 Å². The van der Waals surface area contributed by atoms with E-state index in [0.717, 1.165) is 37.5 Å². The summed E-state index contributed by atoms with van der Waals surface area (Å²) in [6.07, 6.45) is 10.7. The smallest absolute Gasteiger partial charge is 0.305 e. The molecule has 11 atom stereocenters. The maximum absolute atomic E-state index is 11.7. The molecule has 5 fully saturated rings. The molecule has 1 saturated heterocycles. The molecule has 4 aliphatic carbocycles. The van der Waals surface area contributed by atoms with Crippen LogP contribution in [0.3, 0.4) is 0 Å². The minimum absolute atomic E-state index is 0.0867. The average molecular weight is 447 g/mol. The van der Waals surface area contributed by atoms with E-state index in [1.807, 2.05) is 0 Å². The van der Waals surface area contributed by atoms with Gasteiger partial charge in [0, 0.05) is 18.8 Å². The molecule has 0 aromatic carbocycles. The van der Waals surface area contributed by atoms with Crippen LogP contribution in [0.5, 0.6) is 0 Å². The molecular formula is C27H42O5. The Labute approximate surface area is 193 Å². The van der Waals surface area contributed by atoms with Gasteiger partial charge in [-0.2, -0.15) is 0 Å². The van der Waals surface area contributed by atoms with E-state index in [-0.39, 0.29) is 23.5 Å². The van der Waals surface area contributed by atoms with E-state index in [1.54, 1.807) is 0 Å². The van der Waals surface area contributed by atoms with Gasteiger partial charge in [0.25, 0.3) is 0 Å². The summed E-state index contributed by atoms with van der Waals surface area (Å²) in [5, 5.41) is 0. The Hall–Kier alpha value is -1.10. The molecule has 32 heavy (non-hydrogen) atoms. The Kier molecular flexibility index (Phi) is 5.66. The zero-order valence-electron chi connectivity index (χ0n) is 20.6. The largest absolute Gasteiger partial charge is 0.469 e. The van der Waals surface area contributed by atoms with Crippen molar-refractivity contribution in [1.29, 1.82) is 0 Å². The highest BCUT2D eigenvalue weighted by Crippen LogP contribution is 2.73. The molecule has 0 aromatic heterocycles. The summed E-state index contributed by atoms with van der Waals surface area (Å²) in [7, 11) is 1.49. The number of fused-ring (bicyclic) bond motifs is 8. The molecule has 180 valence electrons. The molecule has 5 rings (SSSR count). The zero-order valence-corrected chi connectivity index (χ0v) is 20.6. The molecular weight excluding hydrogens is 404 g/mol. The van der Waals surface area contributed by atoms with Crippen LogP contribution in [0.15, 0.2) is 0 Å². The molecule has 1 heterocycles. The first-order chi connectivity index (χ1) is 15.2. The lowest BCUT2D eigenvalue weighted by atomic mass is 9.44. The predicted octanol–water partition coefficient (Wildman–Crippen LogP) is 5.15. The Balaban J connectivity index is 1.33. The van der Waals surface area contributed by atoms with Crippen LogP contribution in [0.2, 0.25) is 0 Å². The summed E-state index contributed by atoms with van der Waals surface area (Å²) in [4.78, 5) is 23.2. The Morgan fingerprint density at radius 2 is 1.91 bits per heavy atom. The molecule has 5 aliphatic rings. The van der Waals surface area contributed by atoms with Gasteiger partial charge in [0.05, 0.1) is 19.3 Å². The second kappa shape index (κ2) is 7.99. The highest BCUT2D eigenvalue weighted by molar-refractivity contribution is 5.69. The van der Waals surface area contributed by atoms with Gasteiger partial charge in [-0.05, 0) is 92.3 Å². The van der Waals surface area contributed by atoms with Crippen LogP contribution < -0.4 is 0 Å². The second-order valence-electron chi connectivity index (χ2n) is 12.2. The van der Waals surface area contributed by atoms with Crippen molar-refractivity contribution in [3.8, 4) is 0 Å². The van der Waals surface area contributed by atoms with E-state index >= 15 is 0 Å². The molecule has 4 saturated carbocycles. The number of hydrogen-bond donors (Lipinski definition) is 0. The van der Waals surface area contributed by atoms with E-state index in [1.165, 1.54) is 39.7 Å². The quantitative estimate of drug-likeness (QED) is 0.431. The number of epoxide rings is 1. The van der Waals surface area contributed by atoms with Gasteiger partial charge in [0.1, 0.15) is 6.10 Å². The summed E-state index contributed by atoms with van der Waals surface area (Å²) in [5.74, 6) is 3.74. The van der Waals surface area contributed by atoms with Crippen LogP contribution in [-0.2, 0) is 23.8 Å². The number of carbonyl (C=O) groups is 2. The first-order valence-corrected chi connectivity index (χ1v) is 13.1. The van der Waals surface area contributed by atoms with Gasteiger partial charge in [-0.1, -0.05) is 20.8 Å². The number of ether oxygens (including phenoxy) is 3. The van der Waals surface area contributed by atoms with Crippen molar-refractivity contribution in [2.24, 2.45) is 46.3 Å². The fourth-order valence-electron chi connectivity index (χ4n) is 9.54. The Bertz CT molecular complexity index is 765. The first-order valence-electron chi connectivity index (χ1n) is 13.1. The van der Waals surface area contributed by atoms with Crippen LogP contribution >= 0.6 is 0 Å². The van der Waals surface area contributed by atoms with Crippen molar-refractivity contribution in [3.63, 3.8) is 0 Å². The third-order valence-corrected chi connectivity index (χ3v) is 11.0. The number of esters is 2. The molecule has 0 amide bonds. The van der Waals surface area contributed by atoms with Crippen LogP contribution in [0.1, 0.15) is 85.5 Å². The standard InChI is InChI=1S/C27H42O5/c1-15(6-11-22(29)30-5)20-9-10-21-19-8-7-17-14-18(31-16(2)28)12-13-26(17,3)23(19)24-25(32-24)27(20,21)4/h15,17-21,23-25H,6-14H2,1-5H3/t15-,17-,18-,19+,20-,21+,23-,24+,25+,26-,27-/m0/s1. The number of rotatable bonds is 5. The topological polar surface area (TPSA) is 65.1 Å². The Morgan fingerprint density at radius 1 is 1.12 bits per heavy atom. The minimum Gasteiger partial charge on any atom is -0.469 e. The number of methoxy groups -OCH3 is 1. The predicted molar refractivity (Wildman–Crippen MR) is 121 cm³/mol. The van der Waals surface area contributed by atoms with Crippen LogP contribution in [0.25, 0.3) is 0 Å². The fourth-order valence-corrected chi connectivity index (χ4v) is 9.54. The summed E-state index contributed by atoms with van der Waals surface area (Å²) in [6.45, 7) is 8.94. The monoisotopic (exact) mass is 446 g/mol. The highest BCUT2D eigenvalue weighted by atomic mass is 16.6. The van der Waals surface area contributed by atoms with Gasteiger partial charge in [0.2, 0.25) is 0 Å². The molecule has 0 aromatic rings. The van der Waals surface area contributed by atoms with Crippen LogP contribution in [-0.4, -0.2) is 37.4 Å². The van der Waals surface area contributed by atoms with Crippen LogP contribution in [0.4, 0.5) is 0 Å². The van der Waals surface area contributed by atoms with E-state index in [0.29, 0.717) is 47.7 Å². The van der Waals surface area contributed by atoms with Crippen molar-refractivity contribution >= 4 is 11.9 Å². The van der Waals surface area contributed by atoms with Crippen molar-refractivity contribution in [2.75, 3.05) is 7.11 Å². The Morgan fingerprint density at radius 3 is 2.62 bits per heavy atom. The lowest BCUT2D eigenvalue weighted by Crippen LogP contribution is -2.57. The van der Waals surface area contributed by atoms with Crippen molar-refractivity contribution in [3.05, 3.63) is 0 Å². The molecule has 0 radical (unpaired) electrons. The maximum atomic E-state index is 11.7. The molecule has 0 bridgehead atoms. The summed E-state index contributed by atoms with van der Waals surface area (Å²) < 4.78 is 17.1. The molecule has 5 nitrogen and oxygen atoms in total. The average Bonchev–Trinajstić information content (AvgIpc) is 3.47. The van der Waals surface area contributed by atoms with Gasteiger partial charge in [0.15, 0.2) is 0 Å². The van der Waals surface area contributed by atoms with Gasteiger partial charge in [-0.3, -0.25) is 9.59 Å². The lowest BCUT2D eigenvalue weighted by Gasteiger charge is -2.59. The molecule has 0 unspecified atom stereocenters. The van der Waals surface area contributed by atoms with E-state index in [9.17, 15) is 9.59 Å². The fraction of sp³-hybridized carbons (Fsp3) is 0.926. The van der Waals surface area contributed by atoms with Gasteiger partial charge in [-0.25, -0.2) is 0 Å². The van der Waals surface area contributed by atoms with E-state index in [4.69, 9.17) is 14.2 Å². The second-order valence-corrected chi connectivity index (χ2v) is 12.2. The third kappa shape index (κ3) is 3.35. The van der Waals surface area contributed by atoms with Gasteiger partial charge in [-0.15, -0.1) is 0 Å². The number of hydrogen-bond acceptors (Lipinski definition) is 5. The van der Waals surface area contributed by atoms with Crippen LogP contribution in [0, 0.1) is 46.3 Å². The SMILES string of the molecule is COC(=O)CC[C@H](C)[C@@H]1CC[C@@H]2[C@H]3CC[C@H]4C[C@@H](OC(C)=O)CC[C@]4(C)[C@@H]3[C@H]3O[C@H]3[C@]21C. The van der Waals surface area contributed by atoms with Gasteiger partial charge < -0.3 is 14.2 Å². The normalized spacial score (nSPS) is 49.7. The van der Waals surface area contributed by atoms with Gasteiger partial charge >= 0.3 is 11.9 Å². The maximum Gasteiger partial charge on any atom is 0.305 e. The van der Waals surface area contributed by atoms with Crippen molar-refractivity contribution in [1.82, 2.24) is 0 Å². The summed E-state index contributed by atoms with van der Waals surface area (Å²) >= 11 is 0. The zero-order chi connectivity index (χ0) is 22.8. The minimum atomic E-state index is -0.135. The molecule has 0 spiro atoms. The summed E-state index contributed by atoms with van der Waals surface area (Å²) in [6, 6.07) is 0. The molecule has 0 N–H and O–H groups in total. The highest BCUT2D eigenvalue weighted by Gasteiger charge is 2.73. The summed E-state index contributed by atoms with van der Waals surface area (Å²) in [5.41, 5.74) is 0.564. The van der Waals surface area contributed by atoms with E-state index < -0.39 is 0 Å². The molecule has 5 heteroatoms. The lowest BCUT2D eigenvalue weighted by molar-refractivity contribution is -0.158. The van der Waals surface area contributed by atoms with Crippen molar-refractivity contribution < 1.29 is 23.8 Å². The molecule has 1 aliphatic heterocycles.